The van der Waals surface area contributed by atoms with Gasteiger partial charge in [-0.25, -0.2) is 8.78 Å². The first-order chi connectivity index (χ1) is 13.9. The Labute approximate surface area is 176 Å². The number of hydrogen-bond acceptors (Lipinski definition) is 3. The van der Waals surface area contributed by atoms with E-state index < -0.39 is 11.3 Å². The van der Waals surface area contributed by atoms with Gasteiger partial charge in [0.05, 0.1) is 5.25 Å². The van der Waals surface area contributed by atoms with E-state index in [4.69, 9.17) is 11.6 Å². The lowest BCUT2D eigenvalue weighted by Crippen LogP contribution is -2.55. The molecule has 0 aromatic heterocycles. The van der Waals surface area contributed by atoms with Gasteiger partial charge < -0.3 is 10.6 Å². The number of nitrogens with one attached hydrogen (secondary N) is 2. The lowest BCUT2D eigenvalue weighted by Gasteiger charge is -2.28. The van der Waals surface area contributed by atoms with Crippen molar-refractivity contribution in [3.63, 3.8) is 0 Å². The predicted octanol–water partition coefficient (Wildman–Crippen LogP) is 3.43. The van der Waals surface area contributed by atoms with Gasteiger partial charge in [0, 0.05) is 28.3 Å². The molecule has 2 aromatic rings. The lowest BCUT2D eigenvalue weighted by atomic mass is 10.1. The summed E-state index contributed by atoms with van der Waals surface area (Å²) in [6.07, 6.45) is 0.879. The number of amides is 2. The third-order valence-electron chi connectivity index (χ3n) is 5.24. The molecule has 2 N–H and O–H groups in total. The summed E-state index contributed by atoms with van der Waals surface area (Å²) in [4.78, 5) is 24.9. The molecule has 2 amide bonds. The molecule has 1 saturated heterocycles. The summed E-state index contributed by atoms with van der Waals surface area (Å²) in [6, 6.07) is 10.0. The van der Waals surface area contributed by atoms with E-state index in [2.05, 4.69) is 10.6 Å². The first-order valence-electron chi connectivity index (χ1n) is 9.33. The maximum Gasteiger partial charge on any atom is 0.243 e. The first kappa shape index (κ1) is 20.2. The van der Waals surface area contributed by atoms with Gasteiger partial charge in [-0.15, -0.1) is 11.8 Å². The highest BCUT2D eigenvalue weighted by atomic mass is 35.5. The summed E-state index contributed by atoms with van der Waals surface area (Å²) in [5.41, 5.74) is 0.900. The van der Waals surface area contributed by atoms with Crippen molar-refractivity contribution in [2.24, 2.45) is 0 Å². The van der Waals surface area contributed by atoms with Gasteiger partial charge in [-0.3, -0.25) is 9.59 Å². The van der Waals surface area contributed by atoms with Crippen LogP contribution in [0.2, 0.25) is 5.02 Å². The van der Waals surface area contributed by atoms with Crippen LogP contribution in [-0.2, 0) is 16.0 Å². The van der Waals surface area contributed by atoms with Crippen molar-refractivity contribution < 1.29 is 18.4 Å². The number of thioether (sulfide) groups is 1. The molecule has 1 saturated carbocycles. The lowest BCUT2D eigenvalue weighted by molar-refractivity contribution is -0.128. The Morgan fingerprint density at radius 3 is 2.66 bits per heavy atom. The second-order valence-corrected chi connectivity index (χ2v) is 8.91. The Bertz CT molecular complexity index is 938. The summed E-state index contributed by atoms with van der Waals surface area (Å²) in [6.45, 7) is 0. The molecule has 0 spiro atoms. The van der Waals surface area contributed by atoms with Gasteiger partial charge in [-0.2, -0.15) is 0 Å². The van der Waals surface area contributed by atoms with Crippen LogP contribution in [0.25, 0.3) is 0 Å². The van der Waals surface area contributed by atoms with Crippen molar-refractivity contribution >= 4 is 35.2 Å². The minimum Gasteiger partial charge on any atom is -0.351 e. The first-order valence-corrected chi connectivity index (χ1v) is 10.8. The van der Waals surface area contributed by atoms with Gasteiger partial charge in [0.15, 0.2) is 0 Å². The van der Waals surface area contributed by atoms with Crippen molar-refractivity contribution in [1.29, 1.82) is 0 Å². The minimum absolute atomic E-state index is 0.159. The van der Waals surface area contributed by atoms with Crippen LogP contribution < -0.4 is 10.6 Å². The molecule has 2 aliphatic rings. The van der Waals surface area contributed by atoms with Crippen molar-refractivity contribution in [3.8, 4) is 0 Å². The average Bonchev–Trinajstić information content (AvgIpc) is 3.43. The van der Waals surface area contributed by atoms with Crippen molar-refractivity contribution in [2.45, 2.75) is 36.1 Å². The van der Waals surface area contributed by atoms with E-state index in [-0.39, 0.29) is 41.8 Å². The Morgan fingerprint density at radius 1 is 1.17 bits per heavy atom. The van der Waals surface area contributed by atoms with E-state index in [0.29, 0.717) is 28.3 Å². The molecule has 0 bridgehead atoms. The highest BCUT2D eigenvalue weighted by Gasteiger charge is 2.44. The molecule has 4 rings (SSSR count). The summed E-state index contributed by atoms with van der Waals surface area (Å²) in [5, 5.41) is 5.50. The molecular weight excluding hydrogens is 418 g/mol. The molecule has 2 aromatic carbocycles. The number of carbonyl (C=O) groups is 2. The van der Waals surface area contributed by atoms with Crippen LogP contribution in [0.1, 0.15) is 23.5 Å². The van der Waals surface area contributed by atoms with Crippen molar-refractivity contribution in [1.82, 2.24) is 10.6 Å². The Kier molecular flexibility index (Phi) is 5.79. The van der Waals surface area contributed by atoms with Gasteiger partial charge >= 0.3 is 0 Å². The van der Waals surface area contributed by atoms with Gasteiger partial charge in [-0.05, 0) is 36.6 Å². The Morgan fingerprint density at radius 2 is 1.93 bits per heavy atom. The third-order valence-corrected chi connectivity index (χ3v) is 6.88. The molecule has 0 radical (unpaired) electrons. The topological polar surface area (TPSA) is 58.2 Å². The van der Waals surface area contributed by atoms with Crippen molar-refractivity contribution in [2.75, 3.05) is 5.75 Å². The van der Waals surface area contributed by atoms with Crippen LogP contribution in [0.4, 0.5) is 8.78 Å². The van der Waals surface area contributed by atoms with E-state index in [1.54, 1.807) is 30.3 Å². The molecule has 1 aliphatic carbocycles. The molecule has 152 valence electrons. The normalized spacial score (nSPS) is 26.0. The van der Waals surface area contributed by atoms with Gasteiger partial charge in [-0.1, -0.05) is 35.9 Å². The van der Waals surface area contributed by atoms with E-state index in [1.165, 1.54) is 23.9 Å². The van der Waals surface area contributed by atoms with E-state index >= 15 is 0 Å². The molecule has 4 atom stereocenters. The smallest absolute Gasteiger partial charge is 0.243 e. The second kappa shape index (κ2) is 8.32. The fraction of sp³-hybridized carbons (Fsp3) is 0.333. The number of carbonyl (C=O) groups excluding carboxylic acids is 2. The fourth-order valence-electron chi connectivity index (χ4n) is 3.57. The van der Waals surface area contributed by atoms with Crippen LogP contribution in [0.5, 0.6) is 0 Å². The van der Waals surface area contributed by atoms with Crippen LogP contribution in [0.3, 0.4) is 0 Å². The van der Waals surface area contributed by atoms with Gasteiger partial charge in [0.1, 0.15) is 17.7 Å². The number of hydrogen-bond donors (Lipinski definition) is 2. The summed E-state index contributed by atoms with van der Waals surface area (Å²) in [5.74, 6) is -1.06. The van der Waals surface area contributed by atoms with Crippen LogP contribution in [0.15, 0.2) is 42.5 Å². The van der Waals surface area contributed by atoms with E-state index in [1.807, 2.05) is 0 Å². The largest absolute Gasteiger partial charge is 0.351 e. The average molecular weight is 437 g/mol. The monoisotopic (exact) mass is 436 g/mol. The van der Waals surface area contributed by atoms with E-state index in [9.17, 15) is 18.4 Å². The zero-order valence-corrected chi connectivity index (χ0v) is 16.9. The second-order valence-electron chi connectivity index (χ2n) is 7.27. The third kappa shape index (κ3) is 4.41. The van der Waals surface area contributed by atoms with Crippen LogP contribution in [-0.4, -0.2) is 34.9 Å². The molecule has 0 unspecified atom stereocenters. The molecule has 8 heteroatoms. The molecule has 1 aliphatic heterocycles. The maximum absolute atomic E-state index is 14.0. The van der Waals surface area contributed by atoms with E-state index in [0.717, 1.165) is 0 Å². The van der Waals surface area contributed by atoms with Crippen LogP contribution >= 0.6 is 23.4 Å². The minimum atomic E-state index is -0.665. The zero-order chi connectivity index (χ0) is 20.5. The molecule has 1 heterocycles. The standard InChI is InChI=1S/C21H19ClF2N2O2S/c22-13-5-3-7-15(24)19(13)12-9-16(12)25-20(27)17-10-29-18(21(28)26-17)8-11-4-1-2-6-14(11)23/h1-7,12,16-18H,8-10H2,(H,25,27)(H,26,28)/t12-,16+,17+,18+/m0/s1. The quantitative estimate of drug-likeness (QED) is 0.755. The van der Waals surface area contributed by atoms with Crippen LogP contribution in [0, 0.1) is 11.6 Å². The summed E-state index contributed by atoms with van der Waals surface area (Å²) in [7, 11) is 0. The molecular formula is C21H19ClF2N2O2S. The number of benzene rings is 2. The highest BCUT2D eigenvalue weighted by Crippen LogP contribution is 2.45. The number of rotatable bonds is 5. The number of halogens is 3. The highest BCUT2D eigenvalue weighted by molar-refractivity contribution is 8.00. The van der Waals surface area contributed by atoms with Crippen molar-refractivity contribution in [3.05, 3.63) is 70.2 Å². The SMILES string of the molecule is O=C(N[C@@H]1C[C@@H]1c1c(F)cccc1Cl)[C@H]1CS[C@H](Cc2ccccc2F)C(=O)N1. The van der Waals surface area contributed by atoms with Gasteiger partial charge in [0.25, 0.3) is 0 Å². The summed E-state index contributed by atoms with van der Waals surface area (Å²) < 4.78 is 27.8. The summed E-state index contributed by atoms with van der Waals surface area (Å²) >= 11 is 7.43. The molecule has 29 heavy (non-hydrogen) atoms. The van der Waals surface area contributed by atoms with Gasteiger partial charge in [0.2, 0.25) is 11.8 Å². The molecule has 4 nitrogen and oxygen atoms in total. The Balaban J connectivity index is 1.31. The molecule has 2 fully saturated rings. The zero-order valence-electron chi connectivity index (χ0n) is 15.3. The predicted molar refractivity (Wildman–Crippen MR) is 109 cm³/mol. The maximum atomic E-state index is 14.0. The Hall–Kier alpha value is -2.12. The fourth-order valence-corrected chi connectivity index (χ4v) is 5.05.